The molecule has 8 heteroatoms. The normalized spacial score (nSPS) is 19.3. The van der Waals surface area contributed by atoms with Crippen LogP contribution in [0, 0.1) is 11.3 Å². The van der Waals surface area contributed by atoms with Crippen molar-refractivity contribution in [1.29, 1.82) is 0 Å². The molecule has 2 amide bonds. The predicted molar refractivity (Wildman–Crippen MR) is 74.3 cm³/mol. The maximum atomic E-state index is 12.1. The van der Waals surface area contributed by atoms with Crippen molar-refractivity contribution in [3.63, 3.8) is 0 Å². The number of hydrogen-bond donors (Lipinski definition) is 3. The number of aromatic nitrogens is 3. The molecule has 21 heavy (non-hydrogen) atoms. The van der Waals surface area contributed by atoms with Crippen molar-refractivity contribution in [3.05, 3.63) is 12.2 Å². The predicted octanol–water partition coefficient (Wildman–Crippen LogP) is 0.837. The number of aromatic amines is 1. The van der Waals surface area contributed by atoms with Gasteiger partial charge in [0, 0.05) is 13.1 Å². The molecule has 0 bridgehead atoms. The van der Waals surface area contributed by atoms with Crippen molar-refractivity contribution < 1.29 is 14.7 Å². The Morgan fingerprint density at radius 2 is 2.33 bits per heavy atom. The van der Waals surface area contributed by atoms with Gasteiger partial charge in [-0.1, -0.05) is 0 Å². The van der Waals surface area contributed by atoms with E-state index in [0.717, 1.165) is 12.8 Å². The van der Waals surface area contributed by atoms with Crippen LogP contribution in [0.25, 0.3) is 0 Å². The van der Waals surface area contributed by atoms with E-state index in [4.69, 9.17) is 0 Å². The number of carboxylic acid groups (broad SMARTS) is 1. The number of likely N-dealkylation sites (tertiary alicyclic amines) is 1. The zero-order valence-electron chi connectivity index (χ0n) is 12.3. The second-order valence-electron chi connectivity index (χ2n) is 5.90. The van der Waals surface area contributed by atoms with Crippen molar-refractivity contribution in [2.24, 2.45) is 11.3 Å². The summed E-state index contributed by atoms with van der Waals surface area (Å²) in [6, 6.07) is -0.197. The third-order valence-corrected chi connectivity index (χ3v) is 4.15. The number of nitrogens with zero attached hydrogens (tertiary/aromatic N) is 3. The highest BCUT2D eigenvalue weighted by Crippen LogP contribution is 2.34. The summed E-state index contributed by atoms with van der Waals surface area (Å²) in [5, 5.41) is 18.5. The standard InChI is InChI=1S/C13H21N5O3/c1-13(2,11(19)20)9-4-3-5-18(7-9)12(21)14-6-10-15-8-16-17-10/h8-9H,3-7H2,1-2H3,(H,14,21)(H,19,20)(H,15,16,17). The highest BCUT2D eigenvalue weighted by Gasteiger charge is 2.39. The molecule has 1 atom stereocenters. The lowest BCUT2D eigenvalue weighted by molar-refractivity contribution is -0.151. The minimum Gasteiger partial charge on any atom is -0.481 e. The molecule has 0 saturated carbocycles. The summed E-state index contributed by atoms with van der Waals surface area (Å²) in [6.45, 7) is 4.82. The molecule has 2 heterocycles. The number of carbonyl (C=O) groups excluding carboxylic acids is 1. The fraction of sp³-hybridized carbons (Fsp3) is 0.692. The van der Waals surface area contributed by atoms with Crippen LogP contribution in [0.4, 0.5) is 4.79 Å². The molecule has 1 aromatic rings. The van der Waals surface area contributed by atoms with Crippen LogP contribution in [-0.2, 0) is 11.3 Å². The third kappa shape index (κ3) is 3.50. The number of nitrogens with one attached hydrogen (secondary N) is 2. The van der Waals surface area contributed by atoms with Gasteiger partial charge in [-0.25, -0.2) is 9.78 Å². The van der Waals surface area contributed by atoms with Crippen LogP contribution in [0.1, 0.15) is 32.5 Å². The molecule has 1 aromatic heterocycles. The number of carboxylic acids is 1. The summed E-state index contributed by atoms with van der Waals surface area (Å²) >= 11 is 0. The Hall–Kier alpha value is -2.12. The number of H-pyrrole nitrogens is 1. The Morgan fingerprint density at radius 3 is 2.95 bits per heavy atom. The van der Waals surface area contributed by atoms with E-state index < -0.39 is 11.4 Å². The van der Waals surface area contributed by atoms with Crippen LogP contribution in [-0.4, -0.2) is 50.3 Å². The molecule has 3 N–H and O–H groups in total. The maximum absolute atomic E-state index is 12.1. The number of carbonyl (C=O) groups is 2. The first-order chi connectivity index (χ1) is 9.91. The summed E-state index contributed by atoms with van der Waals surface area (Å²) in [4.78, 5) is 29.1. The number of aliphatic carboxylic acids is 1. The average Bonchev–Trinajstić information content (AvgIpc) is 2.98. The highest BCUT2D eigenvalue weighted by atomic mass is 16.4. The average molecular weight is 295 g/mol. The molecular formula is C13H21N5O3. The zero-order valence-corrected chi connectivity index (χ0v) is 12.3. The van der Waals surface area contributed by atoms with E-state index in [1.54, 1.807) is 18.7 Å². The van der Waals surface area contributed by atoms with Gasteiger partial charge in [0.1, 0.15) is 12.2 Å². The molecule has 1 aliphatic rings. The van der Waals surface area contributed by atoms with E-state index in [9.17, 15) is 14.7 Å². The summed E-state index contributed by atoms with van der Waals surface area (Å²) in [5.74, 6) is -0.279. The topological polar surface area (TPSA) is 111 Å². The van der Waals surface area contributed by atoms with Crippen molar-refractivity contribution in [2.45, 2.75) is 33.2 Å². The van der Waals surface area contributed by atoms with Gasteiger partial charge < -0.3 is 15.3 Å². The monoisotopic (exact) mass is 295 g/mol. The van der Waals surface area contributed by atoms with Gasteiger partial charge in [0.05, 0.1) is 12.0 Å². The van der Waals surface area contributed by atoms with E-state index in [2.05, 4.69) is 20.5 Å². The molecule has 1 fully saturated rings. The number of rotatable bonds is 4. The largest absolute Gasteiger partial charge is 0.481 e. The lowest BCUT2D eigenvalue weighted by Gasteiger charge is -2.39. The fourth-order valence-electron chi connectivity index (χ4n) is 2.51. The maximum Gasteiger partial charge on any atom is 0.317 e. The van der Waals surface area contributed by atoms with Crippen LogP contribution >= 0.6 is 0 Å². The summed E-state index contributed by atoms with van der Waals surface area (Å²) in [5.41, 5.74) is -0.829. The lowest BCUT2D eigenvalue weighted by atomic mass is 9.74. The first kappa shape index (κ1) is 15.3. The number of hydrogen-bond acceptors (Lipinski definition) is 4. The first-order valence-electron chi connectivity index (χ1n) is 7.01. The van der Waals surface area contributed by atoms with Gasteiger partial charge in [-0.05, 0) is 32.6 Å². The van der Waals surface area contributed by atoms with Crippen LogP contribution in [0.2, 0.25) is 0 Å². The smallest absolute Gasteiger partial charge is 0.317 e. The fourth-order valence-corrected chi connectivity index (χ4v) is 2.51. The Labute approximate surface area is 122 Å². The van der Waals surface area contributed by atoms with Crippen molar-refractivity contribution in [1.82, 2.24) is 25.4 Å². The Morgan fingerprint density at radius 1 is 1.57 bits per heavy atom. The van der Waals surface area contributed by atoms with Gasteiger partial charge in [0.15, 0.2) is 0 Å². The summed E-state index contributed by atoms with van der Waals surface area (Å²) in [6.07, 6.45) is 3.02. The van der Waals surface area contributed by atoms with E-state index >= 15 is 0 Å². The van der Waals surface area contributed by atoms with Gasteiger partial charge in [-0.15, -0.1) is 0 Å². The number of piperidine rings is 1. The van der Waals surface area contributed by atoms with Crippen molar-refractivity contribution in [3.8, 4) is 0 Å². The van der Waals surface area contributed by atoms with E-state index in [1.807, 2.05) is 0 Å². The molecular weight excluding hydrogens is 274 g/mol. The first-order valence-corrected chi connectivity index (χ1v) is 7.01. The molecule has 116 valence electrons. The van der Waals surface area contributed by atoms with Gasteiger partial charge in [-0.2, -0.15) is 5.10 Å². The Kier molecular flexibility index (Phi) is 4.44. The SMILES string of the molecule is CC(C)(C(=O)O)C1CCCN(C(=O)NCc2ncn[nH]2)C1. The van der Waals surface area contributed by atoms with Crippen molar-refractivity contribution >= 4 is 12.0 Å². The molecule has 1 saturated heterocycles. The van der Waals surface area contributed by atoms with Gasteiger partial charge in [0.25, 0.3) is 0 Å². The molecule has 0 aromatic carbocycles. The zero-order chi connectivity index (χ0) is 15.5. The molecule has 1 aliphatic heterocycles. The molecule has 0 spiro atoms. The van der Waals surface area contributed by atoms with Crippen molar-refractivity contribution in [2.75, 3.05) is 13.1 Å². The lowest BCUT2D eigenvalue weighted by Crippen LogP contribution is -2.49. The van der Waals surface area contributed by atoms with Gasteiger partial charge >= 0.3 is 12.0 Å². The highest BCUT2D eigenvalue weighted by molar-refractivity contribution is 5.76. The second-order valence-corrected chi connectivity index (χ2v) is 5.90. The van der Waals surface area contributed by atoms with Crippen LogP contribution < -0.4 is 5.32 Å². The van der Waals surface area contributed by atoms with Gasteiger partial charge in [-0.3, -0.25) is 9.89 Å². The van der Waals surface area contributed by atoms with E-state index in [0.29, 0.717) is 18.9 Å². The molecule has 2 rings (SSSR count). The minimum atomic E-state index is -0.829. The third-order valence-electron chi connectivity index (χ3n) is 4.15. The van der Waals surface area contributed by atoms with Crippen LogP contribution in [0.15, 0.2) is 6.33 Å². The number of urea groups is 1. The molecule has 0 aliphatic carbocycles. The Bertz CT molecular complexity index is 500. The van der Waals surface area contributed by atoms with Crippen LogP contribution in [0.3, 0.4) is 0 Å². The van der Waals surface area contributed by atoms with Crippen LogP contribution in [0.5, 0.6) is 0 Å². The summed E-state index contributed by atoms with van der Waals surface area (Å²) < 4.78 is 0. The van der Waals surface area contributed by atoms with E-state index in [1.165, 1.54) is 6.33 Å². The van der Waals surface area contributed by atoms with E-state index in [-0.39, 0.29) is 18.5 Å². The second kappa shape index (κ2) is 6.11. The summed E-state index contributed by atoms with van der Waals surface area (Å²) in [7, 11) is 0. The number of amides is 2. The minimum absolute atomic E-state index is 0.0419. The Balaban J connectivity index is 1.91. The molecule has 8 nitrogen and oxygen atoms in total. The van der Waals surface area contributed by atoms with Gasteiger partial charge in [0.2, 0.25) is 0 Å². The quantitative estimate of drug-likeness (QED) is 0.762. The molecule has 0 radical (unpaired) electrons. The molecule has 1 unspecified atom stereocenters.